The molecule has 0 spiro atoms. The maximum atomic E-state index is 13.8. The normalized spacial score (nSPS) is 19.8. The monoisotopic (exact) mass is 731 g/mol. The number of urea groups is 1. The van der Waals surface area contributed by atoms with Gasteiger partial charge in [-0.25, -0.2) is 4.79 Å². The Bertz CT molecular complexity index is 1210. The molecule has 3 saturated heterocycles. The summed E-state index contributed by atoms with van der Waals surface area (Å²) in [5.41, 5.74) is 1.74. The van der Waals surface area contributed by atoms with Gasteiger partial charge in [0.25, 0.3) is 0 Å². The highest BCUT2D eigenvalue weighted by Crippen LogP contribution is 2.33. The van der Waals surface area contributed by atoms with Crippen molar-refractivity contribution in [2.24, 2.45) is 0 Å². The molecule has 0 saturated carbocycles. The number of benzene rings is 1. The zero-order chi connectivity index (χ0) is 28.8. The molecule has 222 valence electrons. The number of rotatable bonds is 9. The topological polar surface area (TPSA) is 78.0 Å². The molecule has 3 amide bonds. The van der Waals surface area contributed by atoms with E-state index in [0.717, 1.165) is 48.7 Å². The number of pyridine rings is 1. The predicted octanol–water partition coefficient (Wildman–Crippen LogP) is 5.66. The smallest absolute Gasteiger partial charge is 0.318 e. The number of hydrogen-bond acceptors (Lipinski definition) is 6. The van der Waals surface area contributed by atoms with Gasteiger partial charge in [0.2, 0.25) is 5.91 Å². The van der Waals surface area contributed by atoms with Crippen LogP contribution in [0.4, 0.5) is 4.79 Å². The molecular weight excluding hydrogens is 696 g/mol. The number of piperidine rings is 1. The third-order valence-electron chi connectivity index (χ3n) is 7.98. The van der Waals surface area contributed by atoms with E-state index >= 15 is 0 Å². The van der Waals surface area contributed by atoms with Gasteiger partial charge in [-0.3, -0.25) is 14.7 Å². The van der Waals surface area contributed by atoms with E-state index in [0.29, 0.717) is 52.6 Å². The van der Waals surface area contributed by atoms with Crippen LogP contribution in [0.25, 0.3) is 0 Å². The van der Waals surface area contributed by atoms with Crippen LogP contribution in [0.1, 0.15) is 42.9 Å². The lowest BCUT2D eigenvalue weighted by atomic mass is 9.91. The third-order valence-corrected chi connectivity index (χ3v) is 10.7. The van der Waals surface area contributed by atoms with Crippen molar-refractivity contribution in [2.75, 3.05) is 51.0 Å². The van der Waals surface area contributed by atoms with E-state index in [9.17, 15) is 9.59 Å². The number of ether oxygens (including phenoxy) is 1. The predicted molar refractivity (Wildman–Crippen MR) is 173 cm³/mol. The van der Waals surface area contributed by atoms with Crippen LogP contribution < -0.4 is 10.1 Å². The quantitative estimate of drug-likeness (QED) is 0.204. The minimum atomic E-state index is -0.719. The highest BCUT2D eigenvalue weighted by atomic mass is 127. The summed E-state index contributed by atoms with van der Waals surface area (Å²) in [6.07, 6.45) is 6.19. The Balaban J connectivity index is 1.22. The number of aromatic nitrogens is 1. The van der Waals surface area contributed by atoms with Gasteiger partial charge in [-0.15, -0.1) is 11.8 Å². The van der Waals surface area contributed by atoms with E-state index in [2.05, 4.69) is 32.8 Å². The number of carbonyl (C=O) groups is 2. The molecule has 3 fully saturated rings. The van der Waals surface area contributed by atoms with Crippen molar-refractivity contribution in [1.82, 2.24) is 25.0 Å². The first kappa shape index (κ1) is 31.0. The van der Waals surface area contributed by atoms with Gasteiger partial charge in [0, 0.05) is 54.0 Å². The molecule has 1 aromatic carbocycles. The van der Waals surface area contributed by atoms with Gasteiger partial charge in [-0.05, 0) is 68.6 Å². The number of nitrogens with one attached hydrogen (secondary N) is 1. The van der Waals surface area contributed by atoms with E-state index in [-0.39, 0.29) is 17.9 Å². The standard InChI is InChI=1S/C29H36Cl2IN5O3S/c30-22-6-5-21(23(31)17-22)16-24(34-29(39)37-14-15-41-19-37)28(38)36-12-7-20(8-13-36)27-25(4-3-9-33-27)40-18-26(32)35-10-1-2-11-35/h3-6,9,17,20,24,26H,1-2,7-8,10-16,18-19H2,(H,34,39)/t24-,26+/m1/s1. The Labute approximate surface area is 270 Å². The van der Waals surface area contributed by atoms with Gasteiger partial charge in [0.15, 0.2) is 0 Å². The second kappa shape index (κ2) is 14.8. The summed E-state index contributed by atoms with van der Waals surface area (Å²) in [5, 5.41) is 4.02. The van der Waals surface area contributed by atoms with Crippen molar-refractivity contribution in [3.05, 3.63) is 57.8 Å². The van der Waals surface area contributed by atoms with Crippen LogP contribution in [0, 0.1) is 0 Å². The number of amides is 3. The maximum Gasteiger partial charge on any atom is 0.318 e. The highest BCUT2D eigenvalue weighted by Gasteiger charge is 2.33. The van der Waals surface area contributed by atoms with E-state index in [1.165, 1.54) is 12.8 Å². The van der Waals surface area contributed by atoms with Crippen LogP contribution >= 0.6 is 57.6 Å². The molecule has 2 atom stereocenters. The molecule has 41 heavy (non-hydrogen) atoms. The molecule has 1 aromatic heterocycles. The van der Waals surface area contributed by atoms with Crippen LogP contribution in [0.5, 0.6) is 5.75 Å². The van der Waals surface area contributed by atoms with E-state index in [4.69, 9.17) is 32.9 Å². The van der Waals surface area contributed by atoms with Gasteiger partial charge < -0.3 is 19.9 Å². The van der Waals surface area contributed by atoms with Gasteiger partial charge >= 0.3 is 6.03 Å². The maximum absolute atomic E-state index is 13.8. The fraction of sp³-hybridized carbons (Fsp3) is 0.552. The molecule has 4 heterocycles. The molecule has 12 heteroatoms. The number of carbonyl (C=O) groups excluding carboxylic acids is 2. The van der Waals surface area contributed by atoms with Crippen molar-refractivity contribution in [1.29, 1.82) is 0 Å². The summed E-state index contributed by atoms with van der Waals surface area (Å²) in [4.78, 5) is 37.6. The molecule has 0 radical (unpaired) electrons. The number of likely N-dealkylation sites (tertiary alicyclic amines) is 2. The summed E-state index contributed by atoms with van der Waals surface area (Å²) in [6, 6.07) is 8.24. The lowest BCUT2D eigenvalue weighted by molar-refractivity contribution is -0.134. The van der Waals surface area contributed by atoms with Crippen LogP contribution in [-0.4, -0.2) is 92.7 Å². The van der Waals surface area contributed by atoms with Crippen LogP contribution in [0.15, 0.2) is 36.5 Å². The minimum absolute atomic E-state index is 0.0921. The fourth-order valence-electron chi connectivity index (χ4n) is 5.63. The van der Waals surface area contributed by atoms with Crippen molar-refractivity contribution >= 4 is 69.5 Å². The van der Waals surface area contributed by atoms with Gasteiger partial charge in [0.05, 0.1) is 15.6 Å². The summed E-state index contributed by atoms with van der Waals surface area (Å²) < 4.78 is 6.62. The highest BCUT2D eigenvalue weighted by molar-refractivity contribution is 14.1. The second-order valence-electron chi connectivity index (χ2n) is 10.7. The first-order chi connectivity index (χ1) is 19.9. The molecule has 0 unspecified atom stereocenters. The number of nitrogens with zero attached hydrogens (tertiary/aromatic N) is 4. The number of thioether (sulfide) groups is 1. The Morgan fingerprint density at radius 3 is 2.59 bits per heavy atom. The van der Waals surface area contributed by atoms with E-state index in [1.807, 2.05) is 29.3 Å². The van der Waals surface area contributed by atoms with Crippen LogP contribution in [0.2, 0.25) is 10.0 Å². The largest absolute Gasteiger partial charge is 0.489 e. The van der Waals surface area contributed by atoms with Crippen molar-refractivity contribution in [2.45, 2.75) is 48.1 Å². The van der Waals surface area contributed by atoms with Crippen molar-refractivity contribution < 1.29 is 14.3 Å². The Morgan fingerprint density at radius 2 is 1.88 bits per heavy atom. The van der Waals surface area contributed by atoms with Gasteiger partial charge in [-0.1, -0.05) is 51.9 Å². The molecule has 0 bridgehead atoms. The van der Waals surface area contributed by atoms with Crippen LogP contribution in [-0.2, 0) is 11.2 Å². The Morgan fingerprint density at radius 1 is 1.10 bits per heavy atom. The minimum Gasteiger partial charge on any atom is -0.489 e. The summed E-state index contributed by atoms with van der Waals surface area (Å²) >= 11 is 16.7. The lowest BCUT2D eigenvalue weighted by Crippen LogP contribution is -2.54. The molecule has 1 N–H and O–H groups in total. The molecule has 3 aliphatic heterocycles. The number of hydrogen-bond donors (Lipinski definition) is 1. The first-order valence-corrected chi connectivity index (χ1v) is 17.4. The van der Waals surface area contributed by atoms with Crippen molar-refractivity contribution in [3.63, 3.8) is 0 Å². The zero-order valence-corrected chi connectivity index (χ0v) is 27.4. The average Bonchev–Trinajstić information content (AvgIpc) is 3.72. The molecule has 8 nitrogen and oxygen atoms in total. The van der Waals surface area contributed by atoms with Gasteiger partial charge in [0.1, 0.15) is 18.4 Å². The molecular formula is C29H36Cl2IN5O3S. The van der Waals surface area contributed by atoms with E-state index < -0.39 is 6.04 Å². The molecule has 5 rings (SSSR count). The number of halogens is 3. The van der Waals surface area contributed by atoms with E-state index in [1.54, 1.807) is 28.8 Å². The summed E-state index contributed by atoms with van der Waals surface area (Å²) in [5.74, 6) is 2.48. The Kier molecular flexibility index (Phi) is 11.2. The second-order valence-corrected chi connectivity index (χ2v) is 14.1. The summed E-state index contributed by atoms with van der Waals surface area (Å²) in [7, 11) is 0. The first-order valence-electron chi connectivity index (χ1n) is 14.2. The lowest BCUT2D eigenvalue weighted by Gasteiger charge is -2.35. The van der Waals surface area contributed by atoms with Gasteiger partial charge in [-0.2, -0.15) is 0 Å². The van der Waals surface area contributed by atoms with Crippen molar-refractivity contribution in [3.8, 4) is 5.75 Å². The Hall–Kier alpha value is -1.47. The third kappa shape index (κ3) is 8.13. The average molecular weight is 733 g/mol. The fourth-order valence-corrected chi connectivity index (χ4v) is 7.80. The zero-order valence-electron chi connectivity index (χ0n) is 22.9. The SMILES string of the molecule is O=C(N[C@H](Cc1ccc(Cl)cc1Cl)C(=O)N1CCC(c2ncccc2OC[C@@H](I)N2CCCC2)CC1)N1CCSC1. The molecule has 0 aliphatic carbocycles. The molecule has 3 aliphatic rings. The summed E-state index contributed by atoms with van der Waals surface area (Å²) in [6.45, 7) is 4.74. The number of alkyl halides is 1. The molecule has 2 aromatic rings. The van der Waals surface area contributed by atoms with Crippen LogP contribution in [0.3, 0.4) is 0 Å².